The first-order valence-electron chi connectivity index (χ1n) is 8.42. The molecule has 1 saturated heterocycles. The second-order valence-electron chi connectivity index (χ2n) is 6.15. The molecule has 0 bridgehead atoms. The summed E-state index contributed by atoms with van der Waals surface area (Å²) in [7, 11) is -3.59. The molecule has 7 nitrogen and oxygen atoms in total. The van der Waals surface area contributed by atoms with E-state index in [-0.39, 0.29) is 17.4 Å². The number of sulfonamides is 1. The molecule has 25 heavy (non-hydrogen) atoms. The second-order valence-corrected chi connectivity index (χ2v) is 7.92. The van der Waals surface area contributed by atoms with Gasteiger partial charge in [-0.25, -0.2) is 17.8 Å². The highest BCUT2D eigenvalue weighted by molar-refractivity contribution is 7.89. The molecule has 0 radical (unpaired) electrons. The van der Waals surface area contributed by atoms with E-state index < -0.39 is 16.1 Å². The van der Waals surface area contributed by atoms with E-state index >= 15 is 0 Å². The average molecular weight is 365 g/mol. The number of hydrogen-bond donors (Lipinski definition) is 2. The Labute approximate surface area is 147 Å². The summed E-state index contributed by atoms with van der Waals surface area (Å²) < 4.78 is 34.2. The Hall–Kier alpha value is -1.74. The van der Waals surface area contributed by atoms with Gasteiger partial charge >= 0.3 is 0 Å². The molecule has 0 spiro atoms. The number of ether oxygens (including phenoxy) is 1. The minimum absolute atomic E-state index is 0.187. The van der Waals surface area contributed by atoms with Crippen molar-refractivity contribution in [3.8, 4) is 5.69 Å². The maximum Gasteiger partial charge on any atom is 0.240 e. The van der Waals surface area contributed by atoms with Gasteiger partial charge in [-0.05, 0) is 55.5 Å². The van der Waals surface area contributed by atoms with E-state index in [0.29, 0.717) is 19.6 Å². The molecule has 136 valence electrons. The molecule has 2 aromatic rings. The molecule has 2 N–H and O–H groups in total. The standard InChI is InChI=1S/C17H23N3O4S/c21-17(14-7-12-24-13-8-14)6-10-19-25(22,23)16-4-2-15(3-5-16)20-11-1-9-18-20/h1-5,9,11,14,17,19,21H,6-8,10,12-13H2/t17-/m1/s1. The largest absolute Gasteiger partial charge is 0.393 e. The molecule has 8 heteroatoms. The fraction of sp³-hybridized carbons (Fsp3) is 0.471. The minimum Gasteiger partial charge on any atom is -0.393 e. The maximum absolute atomic E-state index is 12.4. The van der Waals surface area contributed by atoms with Gasteiger partial charge in [0, 0.05) is 32.2 Å². The summed E-state index contributed by atoms with van der Waals surface area (Å²) in [5, 5.41) is 14.3. The van der Waals surface area contributed by atoms with Crippen molar-refractivity contribution in [2.45, 2.75) is 30.3 Å². The predicted octanol–water partition coefficient (Wildman–Crippen LogP) is 1.33. The van der Waals surface area contributed by atoms with Crippen LogP contribution < -0.4 is 4.72 Å². The van der Waals surface area contributed by atoms with E-state index in [2.05, 4.69) is 9.82 Å². The molecule has 0 unspecified atom stereocenters. The third-order valence-corrected chi connectivity index (χ3v) is 5.94. The Balaban J connectivity index is 1.54. The van der Waals surface area contributed by atoms with Crippen molar-refractivity contribution >= 4 is 10.0 Å². The zero-order chi connectivity index (χ0) is 17.7. The van der Waals surface area contributed by atoms with Crippen molar-refractivity contribution in [3.63, 3.8) is 0 Å². The number of aliphatic hydroxyl groups excluding tert-OH is 1. The lowest BCUT2D eigenvalue weighted by molar-refractivity contribution is 0.00567. The van der Waals surface area contributed by atoms with Gasteiger partial charge in [0.05, 0.1) is 16.7 Å². The smallest absolute Gasteiger partial charge is 0.240 e. The van der Waals surface area contributed by atoms with Crippen LogP contribution in [0.15, 0.2) is 47.6 Å². The van der Waals surface area contributed by atoms with Gasteiger partial charge < -0.3 is 9.84 Å². The maximum atomic E-state index is 12.4. The Kier molecular flexibility index (Phi) is 5.85. The Morgan fingerprint density at radius 3 is 2.64 bits per heavy atom. The first-order chi connectivity index (χ1) is 12.1. The minimum atomic E-state index is -3.59. The van der Waals surface area contributed by atoms with Gasteiger partial charge in [-0.3, -0.25) is 0 Å². The van der Waals surface area contributed by atoms with Crippen LogP contribution in [0.4, 0.5) is 0 Å². The van der Waals surface area contributed by atoms with E-state index in [1.54, 1.807) is 47.4 Å². The number of nitrogens with one attached hydrogen (secondary N) is 1. The monoisotopic (exact) mass is 365 g/mol. The molecule has 2 heterocycles. The second kappa shape index (κ2) is 8.09. The molecule has 1 aromatic heterocycles. The summed E-state index contributed by atoms with van der Waals surface area (Å²) in [6.07, 6.45) is 4.99. The highest BCUT2D eigenvalue weighted by Crippen LogP contribution is 2.20. The topological polar surface area (TPSA) is 93.5 Å². The summed E-state index contributed by atoms with van der Waals surface area (Å²) in [5.74, 6) is 0.187. The molecular formula is C17H23N3O4S. The van der Waals surface area contributed by atoms with E-state index in [1.807, 2.05) is 0 Å². The first kappa shape index (κ1) is 18.1. The van der Waals surface area contributed by atoms with Crippen molar-refractivity contribution in [1.82, 2.24) is 14.5 Å². The van der Waals surface area contributed by atoms with Gasteiger partial charge in [0.15, 0.2) is 0 Å². The molecule has 0 saturated carbocycles. The Bertz CT molecular complexity index is 754. The lowest BCUT2D eigenvalue weighted by atomic mass is 9.92. The fourth-order valence-corrected chi connectivity index (χ4v) is 4.01. The van der Waals surface area contributed by atoms with Crippen LogP contribution in [0.1, 0.15) is 19.3 Å². The highest BCUT2D eigenvalue weighted by atomic mass is 32.2. The van der Waals surface area contributed by atoms with Crippen LogP contribution in [0, 0.1) is 5.92 Å². The van der Waals surface area contributed by atoms with Gasteiger partial charge in [-0.2, -0.15) is 5.10 Å². The lowest BCUT2D eigenvalue weighted by Gasteiger charge is -2.26. The van der Waals surface area contributed by atoms with Crippen LogP contribution in [0.25, 0.3) is 5.69 Å². The first-order valence-corrected chi connectivity index (χ1v) is 9.90. The van der Waals surface area contributed by atoms with E-state index in [0.717, 1.165) is 18.5 Å². The average Bonchev–Trinajstić information content (AvgIpc) is 3.17. The van der Waals surface area contributed by atoms with Crippen molar-refractivity contribution in [2.24, 2.45) is 5.92 Å². The van der Waals surface area contributed by atoms with Gasteiger partial charge in [0.25, 0.3) is 0 Å². The summed E-state index contributed by atoms with van der Waals surface area (Å²) >= 11 is 0. The Morgan fingerprint density at radius 1 is 1.28 bits per heavy atom. The van der Waals surface area contributed by atoms with Gasteiger partial charge in [-0.1, -0.05) is 0 Å². The molecule has 1 aromatic carbocycles. The lowest BCUT2D eigenvalue weighted by Crippen LogP contribution is -2.32. The van der Waals surface area contributed by atoms with Gasteiger partial charge in [0.2, 0.25) is 10.0 Å². The van der Waals surface area contributed by atoms with Crippen LogP contribution in [0.5, 0.6) is 0 Å². The highest BCUT2D eigenvalue weighted by Gasteiger charge is 2.22. The van der Waals surface area contributed by atoms with E-state index in [1.165, 1.54) is 0 Å². The van der Waals surface area contributed by atoms with Gasteiger partial charge in [-0.15, -0.1) is 0 Å². The van der Waals surface area contributed by atoms with Crippen molar-refractivity contribution in [2.75, 3.05) is 19.8 Å². The third kappa shape index (κ3) is 4.66. The molecule has 1 fully saturated rings. The molecule has 1 atom stereocenters. The molecule has 0 amide bonds. The number of aliphatic hydroxyl groups is 1. The fourth-order valence-electron chi connectivity index (χ4n) is 2.96. The number of benzene rings is 1. The summed E-state index contributed by atoms with van der Waals surface area (Å²) in [5.41, 5.74) is 0.791. The van der Waals surface area contributed by atoms with Crippen molar-refractivity contribution in [3.05, 3.63) is 42.7 Å². The van der Waals surface area contributed by atoms with E-state index in [9.17, 15) is 13.5 Å². The van der Waals surface area contributed by atoms with E-state index in [4.69, 9.17) is 4.74 Å². The third-order valence-electron chi connectivity index (χ3n) is 4.46. The van der Waals surface area contributed by atoms with Crippen molar-refractivity contribution < 1.29 is 18.3 Å². The summed E-state index contributed by atoms with van der Waals surface area (Å²) in [6.45, 7) is 1.54. The number of aromatic nitrogens is 2. The van der Waals surface area contributed by atoms with Crippen LogP contribution >= 0.6 is 0 Å². The van der Waals surface area contributed by atoms with Crippen LogP contribution in [0.2, 0.25) is 0 Å². The normalized spacial score (nSPS) is 17.5. The Morgan fingerprint density at radius 2 is 2.00 bits per heavy atom. The van der Waals surface area contributed by atoms with Gasteiger partial charge in [0.1, 0.15) is 0 Å². The van der Waals surface area contributed by atoms with Crippen LogP contribution in [0.3, 0.4) is 0 Å². The number of rotatable bonds is 7. The van der Waals surface area contributed by atoms with Crippen LogP contribution in [-0.4, -0.2) is 49.2 Å². The zero-order valence-electron chi connectivity index (χ0n) is 13.9. The van der Waals surface area contributed by atoms with Crippen molar-refractivity contribution in [1.29, 1.82) is 0 Å². The van der Waals surface area contributed by atoms with Crippen LogP contribution in [-0.2, 0) is 14.8 Å². The quantitative estimate of drug-likeness (QED) is 0.772. The molecule has 0 aliphatic carbocycles. The zero-order valence-corrected chi connectivity index (χ0v) is 14.7. The number of nitrogens with zero attached hydrogens (tertiary/aromatic N) is 2. The number of hydrogen-bond acceptors (Lipinski definition) is 5. The SMILES string of the molecule is O=S(=O)(NCC[C@@H](O)C1CCOCC1)c1ccc(-n2cccn2)cc1. The summed E-state index contributed by atoms with van der Waals surface area (Å²) in [4.78, 5) is 0.198. The predicted molar refractivity (Wildman–Crippen MR) is 92.9 cm³/mol. The molecule has 3 rings (SSSR count). The molecule has 1 aliphatic heterocycles. The molecular weight excluding hydrogens is 342 g/mol. The summed E-state index contributed by atoms with van der Waals surface area (Å²) in [6, 6.07) is 8.31. The molecule has 1 aliphatic rings.